The van der Waals surface area contributed by atoms with Gasteiger partial charge in [0.1, 0.15) is 0 Å². The highest BCUT2D eigenvalue weighted by molar-refractivity contribution is 5.76. The van der Waals surface area contributed by atoms with Gasteiger partial charge in [-0.2, -0.15) is 0 Å². The lowest BCUT2D eigenvalue weighted by Gasteiger charge is -2.22. The second-order valence-corrected chi connectivity index (χ2v) is 24.9. The van der Waals surface area contributed by atoms with Crippen molar-refractivity contribution in [2.45, 2.75) is 431 Å². The highest BCUT2D eigenvalue weighted by atomic mass is 16.5. The summed E-state index contributed by atoms with van der Waals surface area (Å²) in [7, 11) is 0. The Morgan fingerprint density at radius 2 is 0.532 bits per heavy atom. The van der Waals surface area contributed by atoms with Crippen LogP contribution in [0.4, 0.5) is 0 Å². The fourth-order valence-electron chi connectivity index (χ4n) is 11.7. The molecule has 0 aromatic rings. The molecule has 1 amide bonds. The normalized spacial score (nSPS) is 12.4. The molecule has 0 fully saturated rings. The number of hydrogen-bond acceptors (Lipinski definition) is 5. The first-order valence-electron chi connectivity index (χ1n) is 35.8. The van der Waals surface area contributed by atoms with Gasteiger partial charge in [0.05, 0.1) is 25.4 Å². The Kier molecular flexibility index (Phi) is 66.4. The van der Waals surface area contributed by atoms with Gasteiger partial charge >= 0.3 is 5.97 Å². The van der Waals surface area contributed by atoms with Gasteiger partial charge in [-0.25, -0.2) is 0 Å². The summed E-state index contributed by atoms with van der Waals surface area (Å²) in [6, 6.07) is -0.536. The largest absolute Gasteiger partial charge is 0.466 e. The van der Waals surface area contributed by atoms with Gasteiger partial charge in [0.15, 0.2) is 0 Å². The molecule has 0 spiro atoms. The molecule has 0 rings (SSSR count). The third kappa shape index (κ3) is 63.9. The third-order valence-electron chi connectivity index (χ3n) is 17.2. The van der Waals surface area contributed by atoms with Crippen LogP contribution >= 0.6 is 0 Å². The first-order valence-corrected chi connectivity index (χ1v) is 35.8. The zero-order valence-electron chi connectivity index (χ0n) is 52.7. The van der Waals surface area contributed by atoms with Crippen molar-refractivity contribution in [1.82, 2.24) is 5.32 Å². The maximum Gasteiger partial charge on any atom is 0.305 e. The minimum Gasteiger partial charge on any atom is -0.466 e. The van der Waals surface area contributed by atoms with Crippen molar-refractivity contribution >= 4 is 11.9 Å². The van der Waals surface area contributed by atoms with Gasteiger partial charge in [0.2, 0.25) is 5.91 Å². The predicted octanol–water partition coefficient (Wildman–Crippen LogP) is 23.0. The SMILES string of the molecule is CCCCCCCCCCCCCCCCC(O)C(CO)NC(=O)CCCCCCCCCCCCCCCCCCCCCCCCCCCCCCCCCCCOC(=O)CCCCCCCCCCCCCCC. The number of amides is 1. The van der Waals surface area contributed by atoms with E-state index >= 15 is 0 Å². The lowest BCUT2D eigenvalue weighted by Crippen LogP contribution is -2.45. The van der Waals surface area contributed by atoms with E-state index in [2.05, 4.69) is 19.2 Å². The van der Waals surface area contributed by atoms with E-state index < -0.39 is 12.1 Å². The molecule has 460 valence electrons. The lowest BCUT2D eigenvalue weighted by molar-refractivity contribution is -0.143. The number of carbonyl (C=O) groups is 2. The van der Waals surface area contributed by atoms with Crippen molar-refractivity contribution in [2.24, 2.45) is 0 Å². The lowest BCUT2D eigenvalue weighted by atomic mass is 10.0. The quantitative estimate of drug-likeness (QED) is 0.0417. The molecule has 0 bridgehead atoms. The van der Waals surface area contributed by atoms with Crippen molar-refractivity contribution in [3.05, 3.63) is 0 Å². The Hall–Kier alpha value is -1.14. The van der Waals surface area contributed by atoms with Crippen LogP contribution in [0.15, 0.2) is 0 Å². The van der Waals surface area contributed by atoms with Crippen molar-refractivity contribution in [2.75, 3.05) is 13.2 Å². The molecule has 0 heterocycles. The highest BCUT2D eigenvalue weighted by Crippen LogP contribution is 2.20. The molecular weight excluding hydrogens is 947 g/mol. The zero-order chi connectivity index (χ0) is 55.7. The maximum atomic E-state index is 12.5. The molecular formula is C71H141NO5. The average Bonchev–Trinajstić information content (AvgIpc) is 3.43. The number of ether oxygens (including phenoxy) is 1. The van der Waals surface area contributed by atoms with E-state index in [1.807, 2.05) is 0 Å². The molecule has 2 unspecified atom stereocenters. The molecule has 3 N–H and O–H groups in total. The summed E-state index contributed by atoms with van der Waals surface area (Å²) in [6.45, 7) is 5.00. The monoisotopic (exact) mass is 1090 g/mol. The van der Waals surface area contributed by atoms with Crippen LogP contribution in [0.25, 0.3) is 0 Å². The fraction of sp³-hybridized carbons (Fsp3) is 0.972. The van der Waals surface area contributed by atoms with Crippen LogP contribution in [0.3, 0.4) is 0 Å². The van der Waals surface area contributed by atoms with Gasteiger partial charge < -0.3 is 20.3 Å². The number of hydrogen-bond donors (Lipinski definition) is 3. The van der Waals surface area contributed by atoms with Gasteiger partial charge in [-0.15, -0.1) is 0 Å². The van der Waals surface area contributed by atoms with E-state index in [0.717, 1.165) is 38.5 Å². The molecule has 0 aliphatic heterocycles. The summed E-state index contributed by atoms with van der Waals surface area (Å²) >= 11 is 0. The number of aliphatic hydroxyl groups excluding tert-OH is 2. The fourth-order valence-corrected chi connectivity index (χ4v) is 11.7. The minimum absolute atomic E-state index is 0.0243. The molecule has 0 aromatic heterocycles. The van der Waals surface area contributed by atoms with Gasteiger partial charge in [-0.1, -0.05) is 380 Å². The van der Waals surface area contributed by atoms with E-state index in [1.54, 1.807) is 0 Å². The Balaban J connectivity index is 3.29. The summed E-state index contributed by atoms with van der Waals surface area (Å²) < 4.78 is 5.49. The molecule has 0 aliphatic rings. The molecule has 6 heteroatoms. The number of esters is 1. The molecule has 77 heavy (non-hydrogen) atoms. The van der Waals surface area contributed by atoms with Crippen molar-refractivity contribution in [3.63, 3.8) is 0 Å². The van der Waals surface area contributed by atoms with Gasteiger partial charge in [0, 0.05) is 12.8 Å². The van der Waals surface area contributed by atoms with Gasteiger partial charge in [-0.05, 0) is 25.7 Å². The van der Waals surface area contributed by atoms with Crippen LogP contribution in [0.5, 0.6) is 0 Å². The molecule has 6 nitrogen and oxygen atoms in total. The van der Waals surface area contributed by atoms with E-state index in [4.69, 9.17) is 4.74 Å². The number of rotatable bonds is 68. The van der Waals surface area contributed by atoms with Gasteiger partial charge in [-0.3, -0.25) is 9.59 Å². The van der Waals surface area contributed by atoms with Crippen LogP contribution in [0.1, 0.15) is 418 Å². The third-order valence-corrected chi connectivity index (χ3v) is 17.2. The van der Waals surface area contributed by atoms with Crippen LogP contribution in [-0.2, 0) is 14.3 Å². The second-order valence-electron chi connectivity index (χ2n) is 24.9. The van der Waals surface area contributed by atoms with Gasteiger partial charge in [0.25, 0.3) is 0 Å². The highest BCUT2D eigenvalue weighted by Gasteiger charge is 2.20. The molecule has 0 aliphatic carbocycles. The predicted molar refractivity (Wildman–Crippen MR) is 338 cm³/mol. The van der Waals surface area contributed by atoms with Crippen LogP contribution < -0.4 is 5.32 Å². The molecule has 0 aromatic carbocycles. The summed E-state index contributed by atoms with van der Waals surface area (Å²) in [4.78, 5) is 24.5. The summed E-state index contributed by atoms with van der Waals surface area (Å²) in [5.74, 6) is -0.00244. The Morgan fingerprint density at radius 1 is 0.312 bits per heavy atom. The molecule has 0 saturated carbocycles. The maximum absolute atomic E-state index is 12.5. The van der Waals surface area contributed by atoms with Crippen LogP contribution in [0, 0.1) is 0 Å². The first kappa shape index (κ1) is 75.9. The summed E-state index contributed by atoms with van der Waals surface area (Å²) in [5.41, 5.74) is 0. The van der Waals surface area contributed by atoms with Crippen molar-refractivity contribution in [3.8, 4) is 0 Å². The minimum atomic E-state index is -0.659. The zero-order valence-corrected chi connectivity index (χ0v) is 52.7. The average molecular weight is 1090 g/mol. The Labute approximate surface area is 483 Å². The number of nitrogens with one attached hydrogen (secondary N) is 1. The molecule has 2 atom stereocenters. The molecule has 0 radical (unpaired) electrons. The smallest absolute Gasteiger partial charge is 0.305 e. The number of unbranched alkanes of at least 4 members (excludes halogenated alkanes) is 57. The van der Waals surface area contributed by atoms with Crippen molar-refractivity contribution < 1.29 is 24.5 Å². The van der Waals surface area contributed by atoms with Crippen LogP contribution in [0.2, 0.25) is 0 Å². The standard InChI is InChI=1S/C71H141NO5/c1-3-5-7-9-11-13-15-17-40-43-47-51-55-59-63-69(74)68(67-73)72-70(75)64-60-56-52-48-44-41-37-35-33-31-29-27-25-23-21-19-18-20-22-24-26-28-30-32-34-36-38-42-46-50-54-58-62-66-77-71(76)65-61-57-53-49-45-39-16-14-12-10-8-6-4-2/h68-69,73-74H,3-67H2,1-2H3,(H,72,75). The number of aliphatic hydroxyl groups is 2. The topological polar surface area (TPSA) is 95.9 Å². The Morgan fingerprint density at radius 3 is 0.792 bits per heavy atom. The first-order chi connectivity index (χ1) is 38.0. The second kappa shape index (κ2) is 67.4. The molecule has 0 saturated heterocycles. The summed E-state index contributed by atoms with van der Waals surface area (Å²) in [6.07, 6.45) is 81.7. The van der Waals surface area contributed by atoms with E-state index in [-0.39, 0.29) is 18.5 Å². The Bertz CT molecular complexity index is 1120. The van der Waals surface area contributed by atoms with E-state index in [0.29, 0.717) is 25.9 Å². The van der Waals surface area contributed by atoms with E-state index in [1.165, 1.54) is 347 Å². The van der Waals surface area contributed by atoms with Crippen LogP contribution in [-0.4, -0.2) is 47.4 Å². The van der Waals surface area contributed by atoms with Crippen molar-refractivity contribution in [1.29, 1.82) is 0 Å². The van der Waals surface area contributed by atoms with E-state index in [9.17, 15) is 19.8 Å². The number of carbonyl (C=O) groups excluding carboxylic acids is 2. The summed E-state index contributed by atoms with van der Waals surface area (Å²) in [5, 5.41) is 23.3.